The summed E-state index contributed by atoms with van der Waals surface area (Å²) in [5, 5.41) is 2.61. The highest BCUT2D eigenvalue weighted by atomic mass is 32.2. The molecule has 2 N–H and O–H groups in total. The van der Waals surface area contributed by atoms with Gasteiger partial charge in [-0.1, -0.05) is 30.3 Å². The Morgan fingerprint density at radius 1 is 0.857 bits per heavy atom. The number of anilines is 1. The van der Waals surface area contributed by atoms with E-state index in [0.29, 0.717) is 18.0 Å². The summed E-state index contributed by atoms with van der Waals surface area (Å²) < 4.78 is 37.9. The summed E-state index contributed by atoms with van der Waals surface area (Å²) in [6.45, 7) is 5.31. The number of carbonyl (C=O) groups is 2. The molecule has 8 nitrogen and oxygen atoms in total. The van der Waals surface area contributed by atoms with Crippen molar-refractivity contribution in [3.63, 3.8) is 0 Å². The van der Waals surface area contributed by atoms with E-state index in [4.69, 9.17) is 9.47 Å². The summed E-state index contributed by atoms with van der Waals surface area (Å²) >= 11 is 0. The van der Waals surface area contributed by atoms with Gasteiger partial charge in [0, 0.05) is 11.7 Å². The van der Waals surface area contributed by atoms with Gasteiger partial charge in [0.1, 0.15) is 12.4 Å². The second-order valence-electron chi connectivity index (χ2n) is 8.14. The molecule has 0 fully saturated rings. The highest BCUT2D eigenvalue weighted by Crippen LogP contribution is 2.17. The molecule has 1 atom stereocenters. The molecule has 1 amide bonds. The second-order valence-corrected chi connectivity index (χ2v) is 9.85. The molecule has 0 radical (unpaired) electrons. The van der Waals surface area contributed by atoms with Crippen molar-refractivity contribution in [1.82, 2.24) is 4.72 Å². The molecule has 0 aliphatic carbocycles. The lowest BCUT2D eigenvalue weighted by atomic mass is 10.2. The third-order valence-electron chi connectivity index (χ3n) is 4.81. The fourth-order valence-electron chi connectivity index (χ4n) is 3.05. The molecule has 35 heavy (non-hydrogen) atoms. The first-order valence-electron chi connectivity index (χ1n) is 11.0. The van der Waals surface area contributed by atoms with Gasteiger partial charge in [-0.2, -0.15) is 0 Å². The Morgan fingerprint density at radius 3 is 2.09 bits per heavy atom. The molecule has 9 heteroatoms. The van der Waals surface area contributed by atoms with Crippen LogP contribution in [0, 0.1) is 0 Å². The zero-order chi connectivity index (χ0) is 25.4. The molecule has 0 aliphatic heterocycles. The lowest BCUT2D eigenvalue weighted by molar-refractivity contribution is -0.123. The predicted molar refractivity (Wildman–Crippen MR) is 133 cm³/mol. The van der Waals surface area contributed by atoms with Crippen LogP contribution in [-0.4, -0.2) is 32.4 Å². The first-order chi connectivity index (χ1) is 16.6. The van der Waals surface area contributed by atoms with Gasteiger partial charge in [-0.3, -0.25) is 4.79 Å². The first-order valence-corrected chi connectivity index (χ1v) is 12.5. The molecule has 0 saturated heterocycles. The van der Waals surface area contributed by atoms with Gasteiger partial charge in [0.2, 0.25) is 10.0 Å². The summed E-state index contributed by atoms with van der Waals surface area (Å²) in [5.74, 6) is -0.592. The Morgan fingerprint density at radius 2 is 1.49 bits per heavy atom. The van der Waals surface area contributed by atoms with Gasteiger partial charge in [0.05, 0.1) is 10.5 Å². The van der Waals surface area contributed by atoms with Gasteiger partial charge < -0.3 is 14.8 Å². The molecule has 0 bridgehead atoms. The van der Waals surface area contributed by atoms with E-state index in [9.17, 15) is 18.0 Å². The molecule has 0 spiro atoms. The standard InChI is InChI=1S/C26H28N2O6S/c1-18(2)28-35(31,32)24-15-11-22(12-16-24)27-25(29)19(3)34-26(30)21-9-13-23(14-10-21)33-17-20-7-5-4-6-8-20/h4-16,18-19,28H,17H2,1-3H3,(H,27,29). The Bertz CT molecular complexity index is 1240. The summed E-state index contributed by atoms with van der Waals surface area (Å²) in [6, 6.07) is 21.6. The van der Waals surface area contributed by atoms with Crippen LogP contribution in [0.1, 0.15) is 36.7 Å². The number of carbonyl (C=O) groups excluding carboxylic acids is 2. The summed E-state index contributed by atoms with van der Waals surface area (Å²) in [6.07, 6.45) is -1.07. The normalized spacial score (nSPS) is 12.1. The number of hydrogen-bond donors (Lipinski definition) is 2. The maximum absolute atomic E-state index is 12.4. The highest BCUT2D eigenvalue weighted by Gasteiger charge is 2.20. The Hall–Kier alpha value is -3.69. The Kier molecular flexibility index (Phi) is 8.62. The van der Waals surface area contributed by atoms with Crippen LogP contribution in [0.5, 0.6) is 5.75 Å². The van der Waals surface area contributed by atoms with Crippen molar-refractivity contribution >= 4 is 27.6 Å². The van der Waals surface area contributed by atoms with E-state index in [1.807, 2.05) is 30.3 Å². The molecule has 0 aromatic heterocycles. The predicted octanol–water partition coefficient (Wildman–Crippen LogP) is 4.14. The van der Waals surface area contributed by atoms with Gasteiger partial charge in [-0.25, -0.2) is 17.9 Å². The van der Waals surface area contributed by atoms with Crippen molar-refractivity contribution in [2.24, 2.45) is 0 Å². The van der Waals surface area contributed by atoms with Gasteiger partial charge in [0.25, 0.3) is 5.91 Å². The van der Waals surface area contributed by atoms with Crippen LogP contribution < -0.4 is 14.8 Å². The largest absolute Gasteiger partial charge is 0.489 e. The number of nitrogens with one attached hydrogen (secondary N) is 2. The van der Waals surface area contributed by atoms with Crippen molar-refractivity contribution < 1.29 is 27.5 Å². The Labute approximate surface area is 205 Å². The third kappa shape index (κ3) is 7.66. The number of amides is 1. The van der Waals surface area contributed by atoms with Crippen molar-refractivity contribution in [3.8, 4) is 5.75 Å². The minimum atomic E-state index is -3.63. The smallest absolute Gasteiger partial charge is 0.338 e. The first kappa shape index (κ1) is 25.9. The molecule has 0 heterocycles. The maximum Gasteiger partial charge on any atom is 0.338 e. The molecule has 1 unspecified atom stereocenters. The van der Waals surface area contributed by atoms with Crippen LogP contribution in [0.3, 0.4) is 0 Å². The van der Waals surface area contributed by atoms with Crippen molar-refractivity contribution in [3.05, 3.63) is 90.0 Å². The SMILES string of the molecule is CC(C)NS(=O)(=O)c1ccc(NC(=O)C(C)OC(=O)c2ccc(OCc3ccccc3)cc2)cc1. The summed E-state index contributed by atoms with van der Waals surface area (Å²) in [5.41, 5.74) is 1.68. The van der Waals surface area contributed by atoms with E-state index in [-0.39, 0.29) is 16.5 Å². The molecular formula is C26H28N2O6S. The number of hydrogen-bond acceptors (Lipinski definition) is 6. The maximum atomic E-state index is 12.4. The van der Waals surface area contributed by atoms with Gasteiger partial charge in [-0.15, -0.1) is 0 Å². The van der Waals surface area contributed by atoms with E-state index in [1.54, 1.807) is 38.1 Å². The van der Waals surface area contributed by atoms with Gasteiger partial charge in [-0.05, 0) is 74.9 Å². The average Bonchev–Trinajstić information content (AvgIpc) is 2.83. The van der Waals surface area contributed by atoms with E-state index < -0.39 is 28.0 Å². The van der Waals surface area contributed by atoms with E-state index in [0.717, 1.165) is 5.56 Å². The summed E-state index contributed by atoms with van der Waals surface area (Å²) in [4.78, 5) is 25.0. The Balaban J connectivity index is 1.52. The lowest BCUT2D eigenvalue weighted by Crippen LogP contribution is -2.30. The number of ether oxygens (including phenoxy) is 2. The van der Waals surface area contributed by atoms with E-state index in [1.165, 1.54) is 31.2 Å². The molecule has 184 valence electrons. The van der Waals surface area contributed by atoms with E-state index in [2.05, 4.69) is 10.0 Å². The van der Waals surface area contributed by atoms with Gasteiger partial charge in [0.15, 0.2) is 6.10 Å². The highest BCUT2D eigenvalue weighted by molar-refractivity contribution is 7.89. The second kappa shape index (κ2) is 11.6. The van der Waals surface area contributed by atoms with Crippen LogP contribution in [-0.2, 0) is 26.2 Å². The minimum Gasteiger partial charge on any atom is -0.489 e. The monoisotopic (exact) mass is 496 g/mol. The van der Waals surface area contributed by atoms with Crippen LogP contribution in [0.15, 0.2) is 83.8 Å². The number of benzene rings is 3. The molecule has 3 aromatic rings. The quantitative estimate of drug-likeness (QED) is 0.408. The number of rotatable bonds is 10. The number of esters is 1. The van der Waals surface area contributed by atoms with Gasteiger partial charge >= 0.3 is 5.97 Å². The van der Waals surface area contributed by atoms with Crippen LogP contribution in [0.4, 0.5) is 5.69 Å². The van der Waals surface area contributed by atoms with Crippen LogP contribution >= 0.6 is 0 Å². The summed E-state index contributed by atoms with van der Waals surface area (Å²) in [7, 11) is -3.63. The fraction of sp³-hybridized carbons (Fsp3) is 0.231. The molecule has 0 aliphatic rings. The number of sulfonamides is 1. The fourth-order valence-corrected chi connectivity index (χ4v) is 4.30. The average molecular weight is 497 g/mol. The molecule has 0 saturated carbocycles. The van der Waals surface area contributed by atoms with Crippen molar-refractivity contribution in [2.45, 2.75) is 44.4 Å². The molecule has 3 rings (SSSR count). The minimum absolute atomic E-state index is 0.0832. The van der Waals surface area contributed by atoms with Crippen LogP contribution in [0.25, 0.3) is 0 Å². The lowest BCUT2D eigenvalue weighted by Gasteiger charge is -2.14. The van der Waals surface area contributed by atoms with Crippen molar-refractivity contribution in [2.75, 3.05) is 5.32 Å². The van der Waals surface area contributed by atoms with Crippen LogP contribution in [0.2, 0.25) is 0 Å². The molecular weight excluding hydrogens is 468 g/mol. The zero-order valence-electron chi connectivity index (χ0n) is 19.7. The third-order valence-corrected chi connectivity index (χ3v) is 6.49. The van der Waals surface area contributed by atoms with Crippen molar-refractivity contribution in [1.29, 1.82) is 0 Å². The molecule has 3 aromatic carbocycles. The van der Waals surface area contributed by atoms with E-state index >= 15 is 0 Å². The zero-order valence-corrected chi connectivity index (χ0v) is 20.5. The topological polar surface area (TPSA) is 111 Å².